The molecular weight excluding hydrogens is 341 g/mol. The van der Waals surface area contributed by atoms with E-state index >= 15 is 0 Å². The Hall–Kier alpha value is -2.87. The van der Waals surface area contributed by atoms with Gasteiger partial charge in [-0.25, -0.2) is 9.37 Å². The van der Waals surface area contributed by atoms with E-state index in [1.54, 1.807) is 12.1 Å². The molecule has 0 aliphatic rings. The molecule has 0 aliphatic heterocycles. The van der Waals surface area contributed by atoms with E-state index in [0.29, 0.717) is 29.7 Å². The molecule has 0 saturated heterocycles. The number of hydrogen-bond acceptors (Lipinski definition) is 5. The molecule has 0 aliphatic carbocycles. The van der Waals surface area contributed by atoms with Crippen LogP contribution < -0.4 is 5.32 Å². The molecule has 3 aromatic heterocycles. The highest BCUT2D eigenvalue weighted by molar-refractivity contribution is 7.00. The summed E-state index contributed by atoms with van der Waals surface area (Å²) in [6, 6.07) is 6.35. The second-order valence-electron chi connectivity index (χ2n) is 5.76. The van der Waals surface area contributed by atoms with Gasteiger partial charge in [0.05, 0.1) is 17.3 Å². The van der Waals surface area contributed by atoms with Crippen LogP contribution >= 0.6 is 11.7 Å². The van der Waals surface area contributed by atoms with Crippen LogP contribution in [0.25, 0.3) is 22.1 Å². The fourth-order valence-electron chi connectivity index (χ4n) is 2.89. The zero-order valence-corrected chi connectivity index (χ0v) is 14.2. The van der Waals surface area contributed by atoms with Crippen LogP contribution in [-0.2, 0) is 6.42 Å². The average molecular weight is 355 g/mol. The molecule has 4 aromatic rings. The van der Waals surface area contributed by atoms with Gasteiger partial charge in [-0.1, -0.05) is 0 Å². The molecule has 0 fully saturated rings. The van der Waals surface area contributed by atoms with Crippen LogP contribution in [0.4, 0.5) is 4.39 Å². The van der Waals surface area contributed by atoms with Gasteiger partial charge in [0.15, 0.2) is 5.65 Å². The summed E-state index contributed by atoms with van der Waals surface area (Å²) in [7, 11) is 0. The number of carbonyl (C=O) groups is 1. The number of rotatable bonds is 4. The Kier molecular flexibility index (Phi) is 3.89. The van der Waals surface area contributed by atoms with Crippen LogP contribution in [0, 0.1) is 12.7 Å². The highest BCUT2D eigenvalue weighted by Crippen LogP contribution is 2.23. The second kappa shape index (κ2) is 6.21. The van der Waals surface area contributed by atoms with Gasteiger partial charge in [-0.2, -0.15) is 8.75 Å². The van der Waals surface area contributed by atoms with Gasteiger partial charge in [-0.05, 0) is 43.2 Å². The predicted molar refractivity (Wildman–Crippen MR) is 94.2 cm³/mol. The highest BCUT2D eigenvalue weighted by atomic mass is 32.1. The van der Waals surface area contributed by atoms with E-state index in [1.807, 2.05) is 6.92 Å². The zero-order valence-electron chi connectivity index (χ0n) is 13.3. The molecular formula is C17H14FN5OS. The lowest BCUT2D eigenvalue weighted by Crippen LogP contribution is -2.25. The molecule has 2 N–H and O–H groups in total. The number of aromatic nitrogens is 4. The first-order valence-electron chi connectivity index (χ1n) is 7.75. The Labute approximate surface area is 146 Å². The van der Waals surface area contributed by atoms with Gasteiger partial charge in [-0.15, -0.1) is 0 Å². The molecule has 1 aromatic carbocycles. The van der Waals surface area contributed by atoms with Crippen molar-refractivity contribution in [2.45, 2.75) is 13.3 Å². The van der Waals surface area contributed by atoms with Crippen molar-refractivity contribution in [3.05, 3.63) is 53.1 Å². The number of carbonyl (C=O) groups excluding carboxylic acids is 1. The number of nitrogens with one attached hydrogen (secondary N) is 2. The molecule has 8 heteroatoms. The van der Waals surface area contributed by atoms with Gasteiger partial charge in [0.1, 0.15) is 11.3 Å². The van der Waals surface area contributed by atoms with Crippen molar-refractivity contribution in [3.63, 3.8) is 0 Å². The lowest BCUT2D eigenvalue weighted by molar-refractivity contribution is 0.0954. The van der Waals surface area contributed by atoms with Gasteiger partial charge in [0, 0.05) is 29.3 Å². The van der Waals surface area contributed by atoms with Crippen molar-refractivity contribution in [2.75, 3.05) is 6.54 Å². The molecule has 0 radical (unpaired) electrons. The number of amides is 1. The number of fused-ring (bicyclic) bond motifs is 2. The van der Waals surface area contributed by atoms with Crippen molar-refractivity contribution in [1.29, 1.82) is 0 Å². The van der Waals surface area contributed by atoms with Gasteiger partial charge >= 0.3 is 0 Å². The fourth-order valence-corrected chi connectivity index (χ4v) is 3.37. The first-order chi connectivity index (χ1) is 12.1. The Bertz CT molecular complexity index is 1090. The Balaban J connectivity index is 1.47. The third-order valence-corrected chi connectivity index (χ3v) is 4.65. The summed E-state index contributed by atoms with van der Waals surface area (Å²) in [5.41, 5.74) is 4.48. The molecule has 126 valence electrons. The fraction of sp³-hybridized carbons (Fsp3) is 0.176. The van der Waals surface area contributed by atoms with Gasteiger partial charge in [0.25, 0.3) is 5.91 Å². The average Bonchev–Trinajstić information content (AvgIpc) is 3.18. The number of hydrogen-bond donors (Lipinski definition) is 2. The normalized spacial score (nSPS) is 11.3. The van der Waals surface area contributed by atoms with Crippen molar-refractivity contribution >= 4 is 39.7 Å². The SMILES string of the molecule is Cc1[nH]c2ccc(F)cc2c1CCNC(=O)c1cnc2nsnc2c1. The number of H-pyrrole nitrogens is 1. The van der Waals surface area contributed by atoms with Gasteiger partial charge in [0.2, 0.25) is 0 Å². The van der Waals surface area contributed by atoms with Crippen LogP contribution in [0.2, 0.25) is 0 Å². The highest BCUT2D eigenvalue weighted by Gasteiger charge is 2.12. The summed E-state index contributed by atoms with van der Waals surface area (Å²) in [6.45, 7) is 2.39. The predicted octanol–water partition coefficient (Wildman–Crippen LogP) is 2.99. The van der Waals surface area contributed by atoms with Crippen LogP contribution in [0.15, 0.2) is 30.5 Å². The Morgan fingerprint density at radius 3 is 3.08 bits per heavy atom. The minimum atomic E-state index is -0.270. The molecule has 0 bridgehead atoms. The lowest BCUT2D eigenvalue weighted by atomic mass is 10.1. The maximum absolute atomic E-state index is 13.5. The summed E-state index contributed by atoms with van der Waals surface area (Å²) in [5.74, 6) is -0.487. The smallest absolute Gasteiger partial charge is 0.252 e. The van der Waals surface area contributed by atoms with Crippen molar-refractivity contribution < 1.29 is 9.18 Å². The monoisotopic (exact) mass is 355 g/mol. The molecule has 6 nitrogen and oxygen atoms in total. The van der Waals surface area contributed by atoms with Crippen LogP contribution in [0.1, 0.15) is 21.6 Å². The van der Waals surface area contributed by atoms with E-state index in [1.165, 1.54) is 18.3 Å². The van der Waals surface area contributed by atoms with Gasteiger partial charge < -0.3 is 10.3 Å². The lowest BCUT2D eigenvalue weighted by Gasteiger charge is -2.06. The van der Waals surface area contributed by atoms with E-state index in [-0.39, 0.29) is 11.7 Å². The molecule has 0 atom stereocenters. The minimum absolute atomic E-state index is 0.217. The van der Waals surface area contributed by atoms with Crippen LogP contribution in [0.5, 0.6) is 0 Å². The number of aromatic amines is 1. The summed E-state index contributed by atoms with van der Waals surface area (Å²) in [5, 5.41) is 3.72. The standard InChI is InChI=1S/C17H14FN5OS/c1-9-12(13-7-11(18)2-3-14(13)21-9)4-5-19-17(24)10-6-15-16(20-8-10)23-25-22-15/h2-3,6-8,21H,4-5H2,1H3,(H,19,24). The number of pyridine rings is 1. The maximum atomic E-state index is 13.5. The van der Waals surface area contributed by atoms with E-state index < -0.39 is 0 Å². The molecule has 4 rings (SSSR count). The first kappa shape index (κ1) is 15.6. The third kappa shape index (κ3) is 2.96. The van der Waals surface area contributed by atoms with E-state index in [9.17, 15) is 9.18 Å². The first-order valence-corrected chi connectivity index (χ1v) is 8.48. The maximum Gasteiger partial charge on any atom is 0.252 e. The molecule has 0 unspecified atom stereocenters. The zero-order chi connectivity index (χ0) is 17.4. The van der Waals surface area contributed by atoms with Crippen LogP contribution in [-0.4, -0.2) is 31.2 Å². The summed E-state index contributed by atoms with van der Waals surface area (Å²) in [4.78, 5) is 19.6. The molecule has 1 amide bonds. The summed E-state index contributed by atoms with van der Waals surface area (Å²) in [6.07, 6.45) is 2.10. The Morgan fingerprint density at radius 1 is 1.32 bits per heavy atom. The van der Waals surface area contributed by atoms with Gasteiger partial charge in [-0.3, -0.25) is 4.79 Å². The van der Waals surface area contributed by atoms with Crippen molar-refractivity contribution in [3.8, 4) is 0 Å². The van der Waals surface area contributed by atoms with E-state index in [2.05, 4.69) is 24.0 Å². The number of nitrogens with zero attached hydrogens (tertiary/aromatic N) is 3. The molecule has 0 saturated carbocycles. The van der Waals surface area contributed by atoms with E-state index in [4.69, 9.17) is 0 Å². The van der Waals surface area contributed by atoms with Crippen LogP contribution in [0.3, 0.4) is 0 Å². The van der Waals surface area contributed by atoms with Crippen molar-refractivity contribution in [1.82, 2.24) is 24.0 Å². The molecule has 3 heterocycles. The summed E-state index contributed by atoms with van der Waals surface area (Å²) < 4.78 is 21.6. The number of benzene rings is 1. The quantitative estimate of drug-likeness (QED) is 0.589. The Morgan fingerprint density at radius 2 is 2.20 bits per heavy atom. The summed E-state index contributed by atoms with van der Waals surface area (Å²) >= 11 is 1.06. The van der Waals surface area contributed by atoms with E-state index in [0.717, 1.165) is 33.9 Å². The second-order valence-corrected chi connectivity index (χ2v) is 6.28. The largest absolute Gasteiger partial charge is 0.358 e. The molecule has 0 spiro atoms. The molecule has 25 heavy (non-hydrogen) atoms. The topological polar surface area (TPSA) is 83.6 Å². The number of aryl methyl sites for hydroxylation is 1. The third-order valence-electron chi connectivity index (χ3n) is 4.12. The number of halogens is 1. The minimum Gasteiger partial charge on any atom is -0.358 e. The van der Waals surface area contributed by atoms with Crippen molar-refractivity contribution in [2.24, 2.45) is 0 Å².